The van der Waals surface area contributed by atoms with Crippen LogP contribution in [0.25, 0.3) is 0 Å². The van der Waals surface area contributed by atoms with E-state index in [0.717, 1.165) is 25.3 Å². The molecule has 0 radical (unpaired) electrons. The second-order valence-electron chi connectivity index (χ2n) is 9.28. The monoisotopic (exact) mass is 291 g/mol. The van der Waals surface area contributed by atoms with Crippen LogP contribution in [0.5, 0.6) is 0 Å². The summed E-state index contributed by atoms with van der Waals surface area (Å²) in [5.74, 6) is 1.28. The van der Waals surface area contributed by atoms with Crippen LogP contribution in [0.4, 0.5) is 0 Å². The van der Waals surface area contributed by atoms with Crippen LogP contribution in [-0.2, 0) is 4.79 Å². The first-order valence-corrected chi connectivity index (χ1v) is 9.16. The lowest BCUT2D eigenvalue weighted by Gasteiger charge is -2.39. The molecular formula is C19H33NO. The van der Waals surface area contributed by atoms with E-state index in [-0.39, 0.29) is 0 Å². The number of rotatable bonds is 3. The molecule has 2 bridgehead atoms. The van der Waals surface area contributed by atoms with Crippen LogP contribution < -0.4 is 0 Å². The Morgan fingerprint density at radius 2 is 1.81 bits per heavy atom. The van der Waals surface area contributed by atoms with Gasteiger partial charge in [0, 0.05) is 19.0 Å². The number of fused-ring (bicyclic) bond motifs is 2. The predicted octanol–water partition coefficient (Wildman–Crippen LogP) is 4.77. The Morgan fingerprint density at radius 1 is 1.10 bits per heavy atom. The molecule has 2 aliphatic carbocycles. The second kappa shape index (κ2) is 5.59. The number of carbonyl (C=O) groups is 1. The number of hydrogen-bond acceptors (Lipinski definition) is 1. The van der Waals surface area contributed by atoms with E-state index in [1.807, 2.05) is 0 Å². The third-order valence-corrected chi connectivity index (χ3v) is 6.23. The number of likely N-dealkylation sites (tertiary alicyclic amines) is 1. The molecule has 3 fully saturated rings. The Kier molecular flexibility index (Phi) is 4.09. The predicted molar refractivity (Wildman–Crippen MR) is 87.0 cm³/mol. The number of nitrogens with zero attached hydrogens (tertiary/aromatic N) is 1. The lowest BCUT2D eigenvalue weighted by molar-refractivity contribution is -0.132. The number of amides is 1. The van der Waals surface area contributed by atoms with Gasteiger partial charge in [0.05, 0.1) is 0 Å². The highest BCUT2D eigenvalue weighted by Gasteiger charge is 2.50. The van der Waals surface area contributed by atoms with Crippen LogP contribution in [0.15, 0.2) is 0 Å². The molecule has 2 heteroatoms. The molecule has 0 aromatic carbocycles. The summed E-state index contributed by atoms with van der Waals surface area (Å²) in [6.45, 7) is 8.18. The molecule has 2 saturated carbocycles. The fourth-order valence-electron chi connectivity index (χ4n) is 5.70. The van der Waals surface area contributed by atoms with Gasteiger partial charge in [0.15, 0.2) is 0 Å². The average Bonchev–Trinajstić information content (AvgIpc) is 2.66. The van der Waals surface area contributed by atoms with Crippen molar-refractivity contribution in [2.45, 2.75) is 91.0 Å². The summed E-state index contributed by atoms with van der Waals surface area (Å²) in [6, 6.07) is 0.526. The molecule has 0 N–H and O–H groups in total. The fourth-order valence-corrected chi connectivity index (χ4v) is 5.70. The van der Waals surface area contributed by atoms with Crippen molar-refractivity contribution in [3.05, 3.63) is 0 Å². The Labute approximate surface area is 130 Å². The zero-order valence-corrected chi connectivity index (χ0v) is 14.3. The lowest BCUT2D eigenvalue weighted by atomic mass is 9.65. The van der Waals surface area contributed by atoms with Crippen molar-refractivity contribution in [1.82, 2.24) is 4.90 Å². The van der Waals surface area contributed by atoms with Gasteiger partial charge in [-0.2, -0.15) is 0 Å². The van der Waals surface area contributed by atoms with Gasteiger partial charge in [0.2, 0.25) is 5.91 Å². The standard InChI is InChI=1S/C19H33NO/c1-18(2)11-16-12-19(3,13-18)14-20(16)17(21)10-9-15-7-5-4-6-8-15/h15-16H,4-14H2,1-3H3/t16-,19+/m0/s1. The highest BCUT2D eigenvalue weighted by molar-refractivity contribution is 5.77. The minimum atomic E-state index is 0.382. The van der Waals surface area contributed by atoms with Crippen molar-refractivity contribution in [3.63, 3.8) is 0 Å². The molecule has 0 aromatic rings. The first-order chi connectivity index (χ1) is 9.87. The van der Waals surface area contributed by atoms with Gasteiger partial charge in [0.1, 0.15) is 0 Å². The van der Waals surface area contributed by atoms with Crippen LogP contribution >= 0.6 is 0 Å². The third kappa shape index (κ3) is 3.46. The highest BCUT2D eigenvalue weighted by atomic mass is 16.2. The molecule has 1 saturated heterocycles. The van der Waals surface area contributed by atoms with E-state index >= 15 is 0 Å². The molecule has 2 atom stereocenters. The average molecular weight is 291 g/mol. The maximum atomic E-state index is 12.7. The minimum Gasteiger partial charge on any atom is -0.339 e. The van der Waals surface area contributed by atoms with Crippen LogP contribution in [0.1, 0.15) is 85.0 Å². The van der Waals surface area contributed by atoms with E-state index in [1.54, 1.807) is 0 Å². The molecule has 1 aliphatic heterocycles. The first kappa shape index (κ1) is 15.4. The summed E-state index contributed by atoms with van der Waals surface area (Å²) in [4.78, 5) is 15.0. The summed E-state index contributed by atoms with van der Waals surface area (Å²) in [5.41, 5.74) is 0.795. The van der Waals surface area contributed by atoms with Crippen molar-refractivity contribution >= 4 is 5.91 Å². The largest absolute Gasteiger partial charge is 0.339 e. The maximum absolute atomic E-state index is 12.7. The van der Waals surface area contributed by atoms with E-state index in [9.17, 15) is 4.79 Å². The zero-order chi connectivity index (χ0) is 15.1. The summed E-state index contributed by atoms with van der Waals surface area (Å²) >= 11 is 0. The van der Waals surface area contributed by atoms with E-state index in [0.29, 0.717) is 22.8 Å². The Bertz CT molecular complexity index is 396. The van der Waals surface area contributed by atoms with Crippen molar-refractivity contribution in [2.24, 2.45) is 16.7 Å². The minimum absolute atomic E-state index is 0.382. The quantitative estimate of drug-likeness (QED) is 0.733. The van der Waals surface area contributed by atoms with Crippen molar-refractivity contribution in [1.29, 1.82) is 0 Å². The molecule has 1 heterocycles. The Hall–Kier alpha value is -0.530. The Balaban J connectivity index is 1.56. The maximum Gasteiger partial charge on any atom is 0.222 e. The third-order valence-electron chi connectivity index (χ3n) is 6.23. The van der Waals surface area contributed by atoms with Gasteiger partial charge in [-0.05, 0) is 42.4 Å². The summed E-state index contributed by atoms with van der Waals surface area (Å²) in [7, 11) is 0. The fraction of sp³-hybridized carbons (Fsp3) is 0.947. The van der Waals surface area contributed by atoms with Gasteiger partial charge in [0.25, 0.3) is 0 Å². The SMILES string of the molecule is CC1(C)C[C@H]2C[C@@](C)(CN2C(=O)CCC2CCCCC2)C1. The van der Waals surface area contributed by atoms with Crippen molar-refractivity contribution in [2.75, 3.05) is 6.54 Å². The highest BCUT2D eigenvalue weighted by Crippen LogP contribution is 2.52. The van der Waals surface area contributed by atoms with Gasteiger partial charge >= 0.3 is 0 Å². The van der Waals surface area contributed by atoms with Gasteiger partial charge in [-0.3, -0.25) is 4.79 Å². The smallest absolute Gasteiger partial charge is 0.222 e. The van der Waals surface area contributed by atoms with E-state index in [2.05, 4.69) is 25.7 Å². The van der Waals surface area contributed by atoms with Gasteiger partial charge in [-0.15, -0.1) is 0 Å². The van der Waals surface area contributed by atoms with Crippen molar-refractivity contribution < 1.29 is 4.79 Å². The van der Waals surface area contributed by atoms with E-state index in [1.165, 1.54) is 51.4 Å². The lowest BCUT2D eigenvalue weighted by Crippen LogP contribution is -2.37. The molecule has 3 rings (SSSR count). The second-order valence-corrected chi connectivity index (χ2v) is 9.28. The number of carbonyl (C=O) groups excluding carboxylic acids is 1. The Morgan fingerprint density at radius 3 is 2.52 bits per heavy atom. The van der Waals surface area contributed by atoms with Crippen LogP contribution in [-0.4, -0.2) is 23.4 Å². The van der Waals surface area contributed by atoms with Crippen LogP contribution in [0, 0.1) is 16.7 Å². The number of hydrogen-bond donors (Lipinski definition) is 0. The van der Waals surface area contributed by atoms with E-state index in [4.69, 9.17) is 0 Å². The molecular weight excluding hydrogens is 258 g/mol. The van der Waals surface area contributed by atoms with Crippen LogP contribution in [0.3, 0.4) is 0 Å². The molecule has 2 nitrogen and oxygen atoms in total. The van der Waals surface area contributed by atoms with Crippen molar-refractivity contribution in [3.8, 4) is 0 Å². The topological polar surface area (TPSA) is 20.3 Å². The molecule has 0 spiro atoms. The van der Waals surface area contributed by atoms with Gasteiger partial charge in [-0.25, -0.2) is 0 Å². The van der Waals surface area contributed by atoms with E-state index < -0.39 is 0 Å². The zero-order valence-electron chi connectivity index (χ0n) is 14.3. The summed E-state index contributed by atoms with van der Waals surface area (Å²) in [6.07, 6.45) is 12.6. The van der Waals surface area contributed by atoms with Gasteiger partial charge < -0.3 is 4.90 Å². The molecule has 120 valence electrons. The molecule has 1 amide bonds. The summed E-state index contributed by atoms with van der Waals surface area (Å²) in [5, 5.41) is 0. The van der Waals surface area contributed by atoms with Crippen LogP contribution in [0.2, 0.25) is 0 Å². The normalized spacial score (nSPS) is 36.0. The molecule has 0 unspecified atom stereocenters. The molecule has 21 heavy (non-hydrogen) atoms. The van der Waals surface area contributed by atoms with Gasteiger partial charge in [-0.1, -0.05) is 52.9 Å². The first-order valence-electron chi connectivity index (χ1n) is 9.16. The molecule has 3 aliphatic rings. The summed E-state index contributed by atoms with van der Waals surface area (Å²) < 4.78 is 0. The molecule has 0 aromatic heterocycles.